The van der Waals surface area contributed by atoms with E-state index in [1.54, 1.807) is 24.0 Å². The number of halogens is 7. The largest absolute Gasteiger partial charge is 0.416 e. The van der Waals surface area contributed by atoms with Gasteiger partial charge in [-0.05, 0) is 72.5 Å². The third kappa shape index (κ3) is 6.57. The molecule has 4 aromatic rings. The second-order valence-corrected chi connectivity index (χ2v) is 11.9. The fourth-order valence-electron chi connectivity index (χ4n) is 5.65. The molecule has 1 aliphatic rings. The van der Waals surface area contributed by atoms with E-state index in [9.17, 15) is 40.3 Å². The molecule has 0 N–H and O–H groups in total. The van der Waals surface area contributed by atoms with Crippen molar-refractivity contribution in [3.63, 3.8) is 0 Å². The van der Waals surface area contributed by atoms with Gasteiger partial charge in [0, 0.05) is 38.5 Å². The van der Waals surface area contributed by atoms with Crippen LogP contribution in [0.15, 0.2) is 60.7 Å². The number of fused-ring (bicyclic) bond motifs is 1. The summed E-state index contributed by atoms with van der Waals surface area (Å²) >= 11 is 1.23. The molecule has 0 unspecified atom stereocenters. The first kappa shape index (κ1) is 31.4. The summed E-state index contributed by atoms with van der Waals surface area (Å²) in [5, 5.41) is 0.271. The number of hydrogen-bond acceptors (Lipinski definition) is 4. The Hall–Kier alpha value is -4.00. The highest BCUT2D eigenvalue weighted by molar-refractivity contribution is 7.20. The first-order valence-electron chi connectivity index (χ1n) is 13.6. The van der Waals surface area contributed by atoms with Crippen molar-refractivity contribution < 1.29 is 40.3 Å². The third-order valence-corrected chi connectivity index (χ3v) is 8.79. The minimum atomic E-state index is -5.02. The smallest absolute Gasteiger partial charge is 0.341 e. The van der Waals surface area contributed by atoms with E-state index in [4.69, 9.17) is 0 Å². The molecular weight excluding hydrogens is 611 g/mol. The molecule has 0 saturated carbocycles. The van der Waals surface area contributed by atoms with E-state index >= 15 is 0 Å². The number of piperidine rings is 1. The Labute approximate surface area is 251 Å². The Balaban J connectivity index is 1.43. The van der Waals surface area contributed by atoms with Gasteiger partial charge in [0.15, 0.2) is 5.01 Å². The molecule has 0 radical (unpaired) electrons. The maximum atomic E-state index is 14.0. The Morgan fingerprint density at radius 3 is 2.25 bits per heavy atom. The van der Waals surface area contributed by atoms with Gasteiger partial charge in [-0.1, -0.05) is 18.2 Å². The van der Waals surface area contributed by atoms with Crippen LogP contribution < -0.4 is 0 Å². The molecule has 1 aliphatic heterocycles. The summed E-state index contributed by atoms with van der Waals surface area (Å²) in [5.41, 5.74) is -1.45. The molecule has 1 fully saturated rings. The Morgan fingerprint density at radius 2 is 1.64 bits per heavy atom. The monoisotopic (exact) mass is 637 g/mol. The molecule has 0 aliphatic carbocycles. The number of rotatable bonds is 5. The number of hydrogen-bond donors (Lipinski definition) is 0. The summed E-state index contributed by atoms with van der Waals surface area (Å²) in [4.78, 5) is 34.4. The van der Waals surface area contributed by atoms with E-state index < -0.39 is 53.6 Å². The van der Waals surface area contributed by atoms with Gasteiger partial charge in [0.25, 0.3) is 5.91 Å². The number of carbonyl (C=O) groups is 2. The first-order chi connectivity index (χ1) is 20.6. The maximum Gasteiger partial charge on any atom is 0.416 e. The number of benzene rings is 3. The SMILES string of the molecule is Cc1cc(F)ccc1[C@@H]1CN(C(=O)c2nc3ccccc3s2)CC[C@H]1C(=O)N(C)Cc1cc(C(F)(F)F)cc(C(F)(F)F)c1. The summed E-state index contributed by atoms with van der Waals surface area (Å²) < 4.78 is 95.2. The van der Waals surface area contributed by atoms with Crippen molar-refractivity contribution in [3.05, 3.63) is 99.3 Å². The minimum Gasteiger partial charge on any atom is -0.341 e. The average Bonchev–Trinajstić information content (AvgIpc) is 3.39. The quantitative estimate of drug-likeness (QED) is 0.211. The first-order valence-corrected chi connectivity index (χ1v) is 14.4. The van der Waals surface area contributed by atoms with E-state index in [1.807, 2.05) is 12.1 Å². The van der Waals surface area contributed by atoms with E-state index in [1.165, 1.54) is 36.6 Å². The summed E-state index contributed by atoms with van der Waals surface area (Å²) in [6.45, 7) is 1.40. The second-order valence-electron chi connectivity index (χ2n) is 10.8. The Kier molecular flexibility index (Phi) is 8.45. The van der Waals surface area contributed by atoms with Crippen molar-refractivity contribution >= 4 is 33.4 Å². The topological polar surface area (TPSA) is 53.5 Å². The maximum absolute atomic E-state index is 14.0. The van der Waals surface area contributed by atoms with Crippen molar-refractivity contribution in [2.75, 3.05) is 20.1 Å². The van der Waals surface area contributed by atoms with Crippen LogP contribution in [0, 0.1) is 18.7 Å². The molecule has 0 bridgehead atoms. The van der Waals surface area contributed by atoms with Crippen molar-refractivity contribution in [3.8, 4) is 0 Å². The normalized spacial score (nSPS) is 17.6. The highest BCUT2D eigenvalue weighted by atomic mass is 32.1. The third-order valence-electron chi connectivity index (χ3n) is 7.77. The number of carbonyl (C=O) groups excluding carboxylic acids is 2. The van der Waals surface area contributed by atoms with Gasteiger partial charge in [-0.2, -0.15) is 26.3 Å². The van der Waals surface area contributed by atoms with E-state index in [0.29, 0.717) is 28.8 Å². The number of para-hydroxylation sites is 1. The average molecular weight is 638 g/mol. The number of thiazole rings is 1. The summed E-state index contributed by atoms with van der Waals surface area (Å²) in [6.07, 6.45) is -9.88. The lowest BCUT2D eigenvalue weighted by Gasteiger charge is -2.40. The molecule has 2 heterocycles. The van der Waals surface area contributed by atoms with E-state index in [0.717, 1.165) is 9.60 Å². The van der Waals surface area contributed by atoms with Crippen LogP contribution >= 0.6 is 11.3 Å². The molecule has 2 amide bonds. The number of aromatic nitrogens is 1. The zero-order valence-corrected chi connectivity index (χ0v) is 24.3. The molecule has 0 spiro atoms. The number of amides is 2. The number of alkyl halides is 6. The standard InChI is InChI=1S/C31H26F7N3O2S/c1-17-11-21(32)7-8-22(17)24-16-41(29(43)27-39-25-5-3-4-6-26(25)44-27)10-9-23(24)28(42)40(2)15-18-12-19(30(33,34)35)14-20(13-18)31(36,37)38/h3-8,11-14,23-24H,9-10,15-16H2,1-2H3/t23-,24+/m1/s1. The van der Waals surface area contributed by atoms with Gasteiger partial charge in [-0.15, -0.1) is 11.3 Å². The lowest BCUT2D eigenvalue weighted by molar-refractivity contribution is -0.143. The van der Waals surface area contributed by atoms with Gasteiger partial charge in [0.1, 0.15) is 5.82 Å². The molecule has 44 heavy (non-hydrogen) atoms. The van der Waals surface area contributed by atoms with Crippen LogP contribution in [0.25, 0.3) is 10.2 Å². The fourth-order valence-corrected chi connectivity index (χ4v) is 6.58. The highest BCUT2D eigenvalue weighted by Gasteiger charge is 2.40. The van der Waals surface area contributed by atoms with Crippen molar-refractivity contribution in [2.24, 2.45) is 5.92 Å². The number of aryl methyl sites for hydroxylation is 1. The van der Waals surface area contributed by atoms with E-state index in [-0.39, 0.29) is 42.1 Å². The second kappa shape index (κ2) is 11.8. The fraction of sp³-hybridized carbons (Fsp3) is 0.323. The van der Waals surface area contributed by atoms with Crippen molar-refractivity contribution in [1.29, 1.82) is 0 Å². The van der Waals surface area contributed by atoms with Crippen LogP contribution in [0.4, 0.5) is 30.7 Å². The van der Waals surface area contributed by atoms with Crippen LogP contribution in [0.2, 0.25) is 0 Å². The van der Waals surface area contributed by atoms with Gasteiger partial charge in [0.2, 0.25) is 5.91 Å². The Bertz CT molecular complexity index is 1650. The molecule has 1 saturated heterocycles. The lowest BCUT2D eigenvalue weighted by atomic mass is 9.78. The lowest BCUT2D eigenvalue weighted by Crippen LogP contribution is -2.47. The van der Waals surface area contributed by atoms with Crippen LogP contribution in [0.3, 0.4) is 0 Å². The van der Waals surface area contributed by atoms with Crippen LogP contribution in [0.5, 0.6) is 0 Å². The van der Waals surface area contributed by atoms with Gasteiger partial charge in [-0.25, -0.2) is 9.37 Å². The van der Waals surface area contributed by atoms with Crippen LogP contribution in [-0.4, -0.2) is 46.7 Å². The summed E-state index contributed by atoms with van der Waals surface area (Å²) in [5.74, 6) is -2.74. The summed E-state index contributed by atoms with van der Waals surface area (Å²) in [7, 11) is 1.31. The minimum absolute atomic E-state index is 0.0385. The van der Waals surface area contributed by atoms with Gasteiger partial charge in [0.05, 0.1) is 21.3 Å². The van der Waals surface area contributed by atoms with Gasteiger partial charge < -0.3 is 9.80 Å². The van der Waals surface area contributed by atoms with Gasteiger partial charge in [-0.3, -0.25) is 9.59 Å². The molecule has 5 nitrogen and oxygen atoms in total. The van der Waals surface area contributed by atoms with E-state index in [2.05, 4.69) is 4.98 Å². The zero-order chi connectivity index (χ0) is 32.0. The molecule has 13 heteroatoms. The summed E-state index contributed by atoms with van der Waals surface area (Å²) in [6, 6.07) is 12.6. The van der Waals surface area contributed by atoms with Crippen LogP contribution in [-0.2, 0) is 23.7 Å². The van der Waals surface area contributed by atoms with Crippen molar-refractivity contribution in [1.82, 2.24) is 14.8 Å². The Morgan fingerprint density at radius 1 is 0.977 bits per heavy atom. The number of nitrogens with zero attached hydrogens (tertiary/aromatic N) is 3. The number of likely N-dealkylation sites (tertiary alicyclic amines) is 1. The molecule has 232 valence electrons. The van der Waals surface area contributed by atoms with Crippen molar-refractivity contribution in [2.45, 2.75) is 38.2 Å². The van der Waals surface area contributed by atoms with Gasteiger partial charge >= 0.3 is 12.4 Å². The molecule has 2 atom stereocenters. The zero-order valence-electron chi connectivity index (χ0n) is 23.5. The predicted octanol–water partition coefficient (Wildman–Crippen LogP) is 7.69. The predicted molar refractivity (Wildman–Crippen MR) is 150 cm³/mol. The molecular formula is C31H26F7N3O2S. The molecule has 1 aromatic heterocycles. The highest BCUT2D eigenvalue weighted by Crippen LogP contribution is 2.39. The molecule has 3 aromatic carbocycles. The van der Waals surface area contributed by atoms with Crippen LogP contribution in [0.1, 0.15) is 50.0 Å². The molecule has 5 rings (SSSR count).